The molecule has 9 heteroatoms. The van der Waals surface area contributed by atoms with Crippen LogP contribution in [0.1, 0.15) is 32.3 Å². The van der Waals surface area contributed by atoms with Gasteiger partial charge in [0.15, 0.2) is 5.96 Å². The van der Waals surface area contributed by atoms with E-state index in [4.69, 9.17) is 5.73 Å². The van der Waals surface area contributed by atoms with Crippen LogP contribution in [0.4, 0.5) is 10.1 Å². The molecule has 0 spiro atoms. The van der Waals surface area contributed by atoms with Crippen LogP contribution in [0.25, 0.3) is 0 Å². The molecule has 2 rings (SSSR count). The quantitative estimate of drug-likeness (QED) is 0.277. The summed E-state index contributed by atoms with van der Waals surface area (Å²) in [7, 11) is 1.72. The minimum atomic E-state index is -0.289. The number of amides is 1. The Morgan fingerprint density at radius 1 is 1.31 bits per heavy atom. The van der Waals surface area contributed by atoms with Gasteiger partial charge >= 0.3 is 0 Å². The average Bonchev–Trinajstić information content (AvgIpc) is 2.68. The molecular weight excluding hydrogens is 486 g/mol. The Morgan fingerprint density at radius 2 is 1.97 bits per heavy atom. The number of benzene rings is 1. The molecule has 29 heavy (non-hydrogen) atoms. The number of carbonyl (C=O) groups excluding carboxylic acids is 1. The van der Waals surface area contributed by atoms with Crippen molar-refractivity contribution in [1.82, 2.24) is 15.5 Å². The molecule has 1 aliphatic heterocycles. The number of guanidine groups is 1. The number of primary amides is 1. The lowest BCUT2D eigenvalue weighted by atomic mass is 10.1. The number of carbonyl (C=O) groups is 1. The first-order chi connectivity index (χ1) is 13.5. The Kier molecular flexibility index (Phi) is 11.3. The molecule has 164 valence electrons. The monoisotopic (exact) mass is 520 g/mol. The van der Waals surface area contributed by atoms with Gasteiger partial charge in [-0.1, -0.05) is 6.07 Å². The van der Waals surface area contributed by atoms with E-state index < -0.39 is 0 Å². The molecule has 0 bridgehead atoms. The van der Waals surface area contributed by atoms with Gasteiger partial charge < -0.3 is 21.3 Å². The maximum absolute atomic E-state index is 14.4. The maximum atomic E-state index is 14.4. The van der Waals surface area contributed by atoms with Crippen LogP contribution in [0.15, 0.2) is 23.2 Å². The van der Waals surface area contributed by atoms with Crippen LogP contribution < -0.4 is 21.3 Å². The Bertz CT molecular complexity index is 675. The third-order valence-corrected chi connectivity index (χ3v) is 5.11. The summed E-state index contributed by atoms with van der Waals surface area (Å²) in [5, 5.41) is 6.66. The van der Waals surface area contributed by atoms with Crippen LogP contribution in [0, 0.1) is 5.82 Å². The zero-order valence-electron chi connectivity index (χ0n) is 17.6. The molecule has 4 N–H and O–H groups in total. The Balaban J connectivity index is 0.00000420. The van der Waals surface area contributed by atoms with Gasteiger partial charge in [0, 0.05) is 45.8 Å². The molecule has 0 atom stereocenters. The summed E-state index contributed by atoms with van der Waals surface area (Å²) in [4.78, 5) is 19.3. The Labute approximate surface area is 190 Å². The molecule has 0 aliphatic carbocycles. The first kappa shape index (κ1) is 25.4. The molecule has 0 radical (unpaired) electrons. The van der Waals surface area contributed by atoms with Crippen molar-refractivity contribution in [2.24, 2.45) is 10.7 Å². The summed E-state index contributed by atoms with van der Waals surface area (Å²) < 4.78 is 14.4. The number of piperidine rings is 1. The highest BCUT2D eigenvalue weighted by atomic mass is 127. The highest BCUT2D eigenvalue weighted by Gasteiger charge is 2.20. The van der Waals surface area contributed by atoms with Gasteiger partial charge in [-0.05, 0) is 44.4 Å². The second kappa shape index (κ2) is 12.8. The second-order valence-electron chi connectivity index (χ2n) is 7.04. The molecule has 1 heterocycles. The van der Waals surface area contributed by atoms with Crippen molar-refractivity contribution >= 4 is 41.5 Å². The van der Waals surface area contributed by atoms with Crippen LogP contribution in [-0.2, 0) is 11.3 Å². The standard InChI is InChI=1S/C20H33FN6O.HI/c1-4-27(5-2)18-7-6-15(12-17(18)21)13-24-20(23-3)25-16-8-10-26(11-9-16)14-19(22)28;/h6-7,12,16H,4-5,8-11,13-14H2,1-3H3,(H2,22,28)(H2,23,24,25);1H. The van der Waals surface area contributed by atoms with E-state index in [1.807, 2.05) is 30.9 Å². The summed E-state index contributed by atoms with van der Waals surface area (Å²) in [6.45, 7) is 8.06. The number of anilines is 1. The largest absolute Gasteiger partial charge is 0.370 e. The van der Waals surface area contributed by atoms with E-state index in [1.54, 1.807) is 13.1 Å². The smallest absolute Gasteiger partial charge is 0.231 e. The van der Waals surface area contributed by atoms with Gasteiger partial charge in [0.25, 0.3) is 0 Å². The second-order valence-corrected chi connectivity index (χ2v) is 7.04. The lowest BCUT2D eigenvalue weighted by molar-refractivity contribution is -0.119. The number of aliphatic imine (C=N–C) groups is 1. The normalized spacial score (nSPS) is 15.5. The van der Waals surface area contributed by atoms with E-state index in [0.717, 1.165) is 44.6 Å². The van der Waals surface area contributed by atoms with Crippen molar-refractivity contribution in [2.45, 2.75) is 39.3 Å². The minimum absolute atomic E-state index is 0. The number of nitrogens with two attached hydrogens (primary N) is 1. The molecule has 0 saturated carbocycles. The predicted molar refractivity (Wildman–Crippen MR) is 127 cm³/mol. The average molecular weight is 520 g/mol. The molecule has 1 aliphatic rings. The summed E-state index contributed by atoms with van der Waals surface area (Å²) in [5.74, 6) is 0.206. The topological polar surface area (TPSA) is 86.0 Å². The van der Waals surface area contributed by atoms with Crippen LogP contribution in [-0.4, -0.2) is 62.6 Å². The number of nitrogens with one attached hydrogen (secondary N) is 2. The fraction of sp³-hybridized carbons (Fsp3) is 0.600. The first-order valence-corrected chi connectivity index (χ1v) is 9.98. The highest BCUT2D eigenvalue weighted by molar-refractivity contribution is 14.0. The molecule has 0 aromatic heterocycles. The number of likely N-dealkylation sites (tertiary alicyclic amines) is 1. The summed E-state index contributed by atoms with van der Waals surface area (Å²) in [5.41, 5.74) is 6.76. The zero-order chi connectivity index (χ0) is 20.5. The number of rotatable bonds is 8. The fourth-order valence-electron chi connectivity index (χ4n) is 3.51. The molecule has 7 nitrogen and oxygen atoms in total. The molecule has 1 aromatic carbocycles. The van der Waals surface area contributed by atoms with Gasteiger partial charge in [-0.15, -0.1) is 24.0 Å². The number of nitrogens with zero attached hydrogens (tertiary/aromatic N) is 3. The van der Waals surface area contributed by atoms with E-state index in [0.29, 0.717) is 24.7 Å². The first-order valence-electron chi connectivity index (χ1n) is 9.98. The molecule has 1 saturated heterocycles. The van der Waals surface area contributed by atoms with Crippen molar-refractivity contribution in [3.63, 3.8) is 0 Å². The van der Waals surface area contributed by atoms with Crippen molar-refractivity contribution in [1.29, 1.82) is 0 Å². The fourth-order valence-corrected chi connectivity index (χ4v) is 3.51. The number of hydrogen-bond acceptors (Lipinski definition) is 4. The van der Waals surface area contributed by atoms with Crippen molar-refractivity contribution in [3.8, 4) is 0 Å². The summed E-state index contributed by atoms with van der Waals surface area (Å²) in [6, 6.07) is 5.65. The van der Waals surface area contributed by atoms with Gasteiger partial charge in [-0.2, -0.15) is 0 Å². The molecular formula is C20H34FIN6O. The zero-order valence-corrected chi connectivity index (χ0v) is 19.9. The van der Waals surface area contributed by atoms with E-state index in [-0.39, 0.29) is 41.7 Å². The third-order valence-electron chi connectivity index (χ3n) is 5.11. The molecule has 1 aromatic rings. The van der Waals surface area contributed by atoms with Gasteiger partial charge in [0.2, 0.25) is 5.91 Å². The summed E-state index contributed by atoms with van der Waals surface area (Å²) in [6.07, 6.45) is 1.84. The van der Waals surface area contributed by atoms with E-state index in [1.165, 1.54) is 0 Å². The van der Waals surface area contributed by atoms with Gasteiger partial charge in [-0.25, -0.2) is 4.39 Å². The predicted octanol–water partition coefficient (Wildman–Crippen LogP) is 1.90. The maximum Gasteiger partial charge on any atom is 0.231 e. The third kappa shape index (κ3) is 7.96. The lowest BCUT2D eigenvalue weighted by Crippen LogP contribution is -2.49. The number of halogens is 2. The van der Waals surface area contributed by atoms with Gasteiger partial charge in [0.1, 0.15) is 5.82 Å². The molecule has 1 amide bonds. The van der Waals surface area contributed by atoms with Crippen molar-refractivity contribution in [3.05, 3.63) is 29.6 Å². The summed E-state index contributed by atoms with van der Waals surface area (Å²) >= 11 is 0. The highest BCUT2D eigenvalue weighted by Crippen LogP contribution is 2.20. The van der Waals surface area contributed by atoms with Crippen molar-refractivity contribution < 1.29 is 9.18 Å². The lowest BCUT2D eigenvalue weighted by Gasteiger charge is -2.32. The van der Waals surface area contributed by atoms with Crippen LogP contribution in [0.5, 0.6) is 0 Å². The number of hydrogen-bond donors (Lipinski definition) is 3. The Morgan fingerprint density at radius 3 is 2.48 bits per heavy atom. The van der Waals surface area contributed by atoms with Crippen LogP contribution in [0.3, 0.4) is 0 Å². The van der Waals surface area contributed by atoms with Gasteiger partial charge in [-0.3, -0.25) is 14.7 Å². The van der Waals surface area contributed by atoms with Gasteiger partial charge in [0.05, 0.1) is 12.2 Å². The van der Waals surface area contributed by atoms with E-state index >= 15 is 0 Å². The molecule has 0 unspecified atom stereocenters. The minimum Gasteiger partial charge on any atom is -0.370 e. The SMILES string of the molecule is CCN(CC)c1ccc(CNC(=NC)NC2CCN(CC(N)=O)CC2)cc1F.I. The van der Waals surface area contributed by atoms with Crippen LogP contribution in [0.2, 0.25) is 0 Å². The van der Waals surface area contributed by atoms with Crippen LogP contribution >= 0.6 is 24.0 Å². The molecule has 1 fully saturated rings. The van der Waals surface area contributed by atoms with Crippen molar-refractivity contribution in [2.75, 3.05) is 44.7 Å². The van der Waals surface area contributed by atoms with E-state index in [9.17, 15) is 9.18 Å². The Hall–Kier alpha value is -1.62. The van der Waals surface area contributed by atoms with E-state index in [2.05, 4.69) is 20.5 Å².